The zero-order valence-electron chi connectivity index (χ0n) is 16.3. The molecule has 0 aliphatic heterocycles. The van der Waals surface area contributed by atoms with Gasteiger partial charge in [-0.2, -0.15) is 0 Å². The van der Waals surface area contributed by atoms with Crippen molar-refractivity contribution in [3.05, 3.63) is 102 Å². The van der Waals surface area contributed by atoms with E-state index in [4.69, 9.17) is 0 Å². The van der Waals surface area contributed by atoms with Crippen LogP contribution in [0.25, 0.3) is 10.8 Å². The number of benzene rings is 4. The number of anilines is 2. The van der Waals surface area contributed by atoms with Crippen LogP contribution in [-0.2, 0) is 10.0 Å². The fourth-order valence-corrected chi connectivity index (χ4v) is 4.34. The summed E-state index contributed by atoms with van der Waals surface area (Å²) in [6.45, 7) is 1.76. The topological polar surface area (TPSA) is 75.3 Å². The van der Waals surface area contributed by atoms with Crippen LogP contribution in [0.15, 0.2) is 95.9 Å². The summed E-state index contributed by atoms with van der Waals surface area (Å²) in [4.78, 5) is 12.9. The van der Waals surface area contributed by atoms with Crippen LogP contribution < -0.4 is 10.0 Å². The highest BCUT2D eigenvalue weighted by molar-refractivity contribution is 7.92. The van der Waals surface area contributed by atoms with E-state index in [-0.39, 0.29) is 10.8 Å². The Labute approximate surface area is 175 Å². The standard InChI is InChI=1S/C24H20N2O3S/c1-17-15-20(12-14-23(17)26-30(28,29)22-9-3-2-4-10-22)24(27)25-21-13-11-18-7-5-6-8-19(18)16-21/h2-16,26H,1H3,(H,25,27). The molecule has 4 aromatic carbocycles. The minimum atomic E-state index is -3.69. The maximum Gasteiger partial charge on any atom is 0.261 e. The number of sulfonamides is 1. The lowest BCUT2D eigenvalue weighted by Gasteiger charge is -2.12. The van der Waals surface area contributed by atoms with Crippen LogP contribution in [0.4, 0.5) is 11.4 Å². The Morgan fingerprint density at radius 1 is 0.767 bits per heavy atom. The molecule has 2 N–H and O–H groups in total. The SMILES string of the molecule is Cc1cc(C(=O)Nc2ccc3ccccc3c2)ccc1NS(=O)(=O)c1ccccc1. The molecule has 0 aliphatic carbocycles. The van der Waals surface area contributed by atoms with Gasteiger partial charge in [0.15, 0.2) is 0 Å². The van der Waals surface area contributed by atoms with Gasteiger partial charge in [-0.15, -0.1) is 0 Å². The third-order valence-corrected chi connectivity index (χ3v) is 6.18. The van der Waals surface area contributed by atoms with Crippen LogP contribution in [0.1, 0.15) is 15.9 Å². The molecule has 30 heavy (non-hydrogen) atoms. The first kappa shape index (κ1) is 19.7. The molecule has 5 nitrogen and oxygen atoms in total. The molecule has 0 bridgehead atoms. The van der Waals surface area contributed by atoms with E-state index in [0.29, 0.717) is 22.5 Å². The molecule has 0 radical (unpaired) electrons. The summed E-state index contributed by atoms with van der Waals surface area (Å²) in [5.74, 6) is -0.258. The van der Waals surface area contributed by atoms with E-state index in [1.807, 2.05) is 42.5 Å². The molecule has 0 aromatic heterocycles. The van der Waals surface area contributed by atoms with E-state index in [1.165, 1.54) is 12.1 Å². The van der Waals surface area contributed by atoms with Crippen LogP contribution in [-0.4, -0.2) is 14.3 Å². The monoisotopic (exact) mass is 416 g/mol. The molecule has 0 unspecified atom stereocenters. The van der Waals surface area contributed by atoms with Crippen LogP contribution in [0.2, 0.25) is 0 Å². The number of amides is 1. The first-order valence-corrected chi connectivity index (χ1v) is 10.9. The normalized spacial score (nSPS) is 11.2. The minimum absolute atomic E-state index is 0.183. The quantitative estimate of drug-likeness (QED) is 0.469. The highest BCUT2D eigenvalue weighted by Crippen LogP contribution is 2.23. The van der Waals surface area contributed by atoms with Gasteiger partial charge in [-0.1, -0.05) is 48.5 Å². The van der Waals surface area contributed by atoms with E-state index in [0.717, 1.165) is 10.8 Å². The predicted octanol–water partition coefficient (Wildman–Crippen LogP) is 5.20. The number of fused-ring (bicyclic) bond motifs is 1. The van der Waals surface area contributed by atoms with E-state index >= 15 is 0 Å². The largest absolute Gasteiger partial charge is 0.322 e. The Kier molecular flexibility index (Phi) is 5.25. The maximum absolute atomic E-state index is 12.7. The molecule has 6 heteroatoms. The zero-order valence-corrected chi connectivity index (χ0v) is 17.1. The summed E-state index contributed by atoms with van der Waals surface area (Å²) >= 11 is 0. The van der Waals surface area contributed by atoms with Gasteiger partial charge in [0.05, 0.1) is 10.6 Å². The number of hydrogen-bond acceptors (Lipinski definition) is 3. The number of rotatable bonds is 5. The van der Waals surface area contributed by atoms with Crippen LogP contribution >= 0.6 is 0 Å². The molecule has 1 amide bonds. The molecule has 0 heterocycles. The number of carbonyl (C=O) groups excluding carboxylic acids is 1. The molecule has 0 spiro atoms. The number of nitrogens with one attached hydrogen (secondary N) is 2. The van der Waals surface area contributed by atoms with Crippen molar-refractivity contribution < 1.29 is 13.2 Å². The van der Waals surface area contributed by atoms with Crippen molar-refractivity contribution in [3.8, 4) is 0 Å². The molecular weight excluding hydrogens is 396 g/mol. The Bertz CT molecular complexity index is 1330. The van der Waals surface area contributed by atoms with Crippen molar-refractivity contribution in [2.75, 3.05) is 10.0 Å². The fraction of sp³-hybridized carbons (Fsp3) is 0.0417. The highest BCUT2D eigenvalue weighted by atomic mass is 32.2. The third-order valence-electron chi connectivity index (χ3n) is 4.79. The van der Waals surface area contributed by atoms with Gasteiger partial charge < -0.3 is 5.32 Å². The highest BCUT2D eigenvalue weighted by Gasteiger charge is 2.16. The molecular formula is C24H20N2O3S. The number of carbonyl (C=O) groups is 1. The second kappa shape index (κ2) is 8.00. The van der Waals surface area contributed by atoms with E-state index in [1.54, 1.807) is 43.3 Å². The van der Waals surface area contributed by atoms with Crippen molar-refractivity contribution in [2.24, 2.45) is 0 Å². The number of hydrogen-bond donors (Lipinski definition) is 2. The molecule has 0 aliphatic rings. The van der Waals surface area contributed by atoms with Crippen LogP contribution in [0.3, 0.4) is 0 Å². The fourth-order valence-electron chi connectivity index (χ4n) is 3.19. The lowest BCUT2D eigenvalue weighted by atomic mass is 10.1. The van der Waals surface area contributed by atoms with E-state index in [2.05, 4.69) is 10.0 Å². The summed E-state index contributed by atoms with van der Waals surface area (Å²) in [6, 6.07) is 26.7. The Balaban J connectivity index is 1.52. The third kappa shape index (κ3) is 4.18. The summed E-state index contributed by atoms with van der Waals surface area (Å²) in [5, 5.41) is 5.03. The van der Waals surface area contributed by atoms with Gasteiger partial charge in [-0.3, -0.25) is 9.52 Å². The molecule has 0 fully saturated rings. The average Bonchev–Trinajstić information content (AvgIpc) is 2.75. The molecule has 150 valence electrons. The van der Waals surface area contributed by atoms with Gasteiger partial charge >= 0.3 is 0 Å². The van der Waals surface area contributed by atoms with Crippen molar-refractivity contribution >= 4 is 38.1 Å². The lowest BCUT2D eigenvalue weighted by molar-refractivity contribution is 0.102. The minimum Gasteiger partial charge on any atom is -0.322 e. The summed E-state index contributed by atoms with van der Waals surface area (Å²) in [5.41, 5.74) is 2.23. The Morgan fingerprint density at radius 2 is 1.47 bits per heavy atom. The first-order valence-electron chi connectivity index (χ1n) is 9.41. The molecule has 4 rings (SSSR count). The van der Waals surface area contributed by atoms with Gasteiger partial charge in [0.2, 0.25) is 0 Å². The second-order valence-electron chi connectivity index (χ2n) is 6.96. The molecule has 4 aromatic rings. The second-order valence-corrected chi connectivity index (χ2v) is 8.65. The summed E-state index contributed by atoms with van der Waals surface area (Å²) in [6.07, 6.45) is 0. The van der Waals surface area contributed by atoms with E-state index < -0.39 is 10.0 Å². The van der Waals surface area contributed by atoms with Gasteiger partial charge in [0, 0.05) is 11.3 Å². The maximum atomic E-state index is 12.7. The van der Waals surface area contributed by atoms with E-state index in [9.17, 15) is 13.2 Å². The van der Waals surface area contributed by atoms with Crippen molar-refractivity contribution in [1.29, 1.82) is 0 Å². The number of aryl methyl sites for hydroxylation is 1. The van der Waals surface area contributed by atoms with Gasteiger partial charge in [0.25, 0.3) is 15.9 Å². The molecule has 0 atom stereocenters. The summed E-state index contributed by atoms with van der Waals surface area (Å²) < 4.78 is 27.6. The zero-order chi connectivity index (χ0) is 21.1. The van der Waals surface area contributed by atoms with Crippen molar-refractivity contribution in [1.82, 2.24) is 0 Å². The molecule has 0 saturated carbocycles. The Hall–Kier alpha value is -3.64. The lowest BCUT2D eigenvalue weighted by Crippen LogP contribution is -2.15. The van der Waals surface area contributed by atoms with Crippen LogP contribution in [0.5, 0.6) is 0 Å². The Morgan fingerprint density at radius 3 is 2.20 bits per heavy atom. The van der Waals surface area contributed by atoms with Gasteiger partial charge in [0.1, 0.15) is 0 Å². The van der Waals surface area contributed by atoms with Gasteiger partial charge in [-0.05, 0) is 65.7 Å². The first-order chi connectivity index (χ1) is 14.4. The summed E-state index contributed by atoms with van der Waals surface area (Å²) in [7, 11) is -3.69. The average molecular weight is 417 g/mol. The van der Waals surface area contributed by atoms with Gasteiger partial charge in [-0.25, -0.2) is 8.42 Å². The van der Waals surface area contributed by atoms with Crippen molar-refractivity contribution in [3.63, 3.8) is 0 Å². The van der Waals surface area contributed by atoms with Crippen molar-refractivity contribution in [2.45, 2.75) is 11.8 Å². The smallest absolute Gasteiger partial charge is 0.261 e. The molecule has 0 saturated heterocycles. The van der Waals surface area contributed by atoms with Crippen LogP contribution in [0, 0.1) is 6.92 Å². The predicted molar refractivity (Wildman–Crippen MR) is 120 cm³/mol.